The highest BCUT2D eigenvalue weighted by Gasteiger charge is 2.33. The molecule has 3 heterocycles. The normalized spacial score (nSPS) is 11.8. The van der Waals surface area contributed by atoms with E-state index in [4.69, 9.17) is 4.52 Å². The number of rotatable bonds is 6. The molecule has 3 rings (SSSR count). The van der Waals surface area contributed by atoms with E-state index in [9.17, 15) is 13.2 Å². The first kappa shape index (κ1) is 18.7. The summed E-state index contributed by atoms with van der Waals surface area (Å²) in [5.74, 6) is 1.16. The van der Waals surface area contributed by atoms with Crippen molar-refractivity contribution in [2.24, 2.45) is 0 Å². The van der Waals surface area contributed by atoms with E-state index in [1.165, 1.54) is 12.4 Å². The maximum absolute atomic E-state index is 13.2. The minimum atomic E-state index is -4.58. The lowest BCUT2D eigenvalue weighted by molar-refractivity contribution is -0.141. The fourth-order valence-corrected chi connectivity index (χ4v) is 2.21. The van der Waals surface area contributed by atoms with Gasteiger partial charge >= 0.3 is 6.18 Å². The van der Waals surface area contributed by atoms with E-state index >= 15 is 0 Å². The molecule has 0 aromatic carbocycles. The van der Waals surface area contributed by atoms with Crippen LogP contribution in [0.1, 0.15) is 37.2 Å². The van der Waals surface area contributed by atoms with Gasteiger partial charge in [-0.1, -0.05) is 19.0 Å². The molecule has 0 spiro atoms. The fraction of sp³-hybridized carbons (Fsp3) is 0.353. The summed E-state index contributed by atoms with van der Waals surface area (Å²) in [5, 5.41) is 6.71. The van der Waals surface area contributed by atoms with Gasteiger partial charge in [-0.25, -0.2) is 9.97 Å². The molecule has 3 aromatic rings. The SMILES string of the molecule is CC(C)c1noc(CCNc2cc(C(F)(F)F)nc(-c3ccncc3)n2)n1. The van der Waals surface area contributed by atoms with Gasteiger partial charge in [0.25, 0.3) is 0 Å². The van der Waals surface area contributed by atoms with Gasteiger partial charge in [0.1, 0.15) is 5.82 Å². The van der Waals surface area contributed by atoms with Crippen molar-refractivity contribution >= 4 is 5.82 Å². The van der Waals surface area contributed by atoms with Crippen molar-refractivity contribution in [1.29, 1.82) is 0 Å². The predicted molar refractivity (Wildman–Crippen MR) is 90.8 cm³/mol. The summed E-state index contributed by atoms with van der Waals surface area (Å²) in [6.45, 7) is 4.16. The highest BCUT2D eigenvalue weighted by atomic mass is 19.4. The summed E-state index contributed by atoms with van der Waals surface area (Å²) in [5.41, 5.74) is -0.579. The molecule has 0 saturated carbocycles. The van der Waals surface area contributed by atoms with E-state index in [-0.39, 0.29) is 24.1 Å². The molecule has 0 atom stereocenters. The van der Waals surface area contributed by atoms with E-state index in [1.807, 2.05) is 13.8 Å². The highest BCUT2D eigenvalue weighted by molar-refractivity contribution is 5.57. The zero-order valence-corrected chi connectivity index (χ0v) is 14.7. The molecule has 3 aromatic heterocycles. The van der Waals surface area contributed by atoms with Gasteiger partial charge in [0, 0.05) is 42.9 Å². The Balaban J connectivity index is 1.77. The molecule has 0 unspecified atom stereocenters. The van der Waals surface area contributed by atoms with Crippen LogP contribution < -0.4 is 5.32 Å². The quantitative estimate of drug-likeness (QED) is 0.699. The molecule has 7 nitrogen and oxygen atoms in total. The molecule has 0 radical (unpaired) electrons. The summed E-state index contributed by atoms with van der Waals surface area (Å²) >= 11 is 0. The van der Waals surface area contributed by atoms with E-state index in [0.717, 1.165) is 6.07 Å². The lowest BCUT2D eigenvalue weighted by Gasteiger charge is -2.11. The zero-order chi connectivity index (χ0) is 19.4. The van der Waals surface area contributed by atoms with Crippen molar-refractivity contribution in [3.05, 3.63) is 48.0 Å². The second-order valence-corrected chi connectivity index (χ2v) is 6.07. The van der Waals surface area contributed by atoms with Gasteiger partial charge in [0.15, 0.2) is 17.3 Å². The molecule has 0 aliphatic heterocycles. The maximum atomic E-state index is 13.2. The first-order chi connectivity index (χ1) is 12.8. The van der Waals surface area contributed by atoms with Gasteiger partial charge in [-0.2, -0.15) is 18.2 Å². The number of aromatic nitrogens is 5. The Labute approximate surface area is 153 Å². The molecular formula is C17H17F3N6O. The standard InChI is InChI=1S/C17H17F3N6O/c1-10(2)15-25-14(27-26-15)5-8-22-13-9-12(17(18,19)20)23-16(24-13)11-3-6-21-7-4-11/h3-4,6-7,9-10H,5,8H2,1-2H3,(H,22,23,24). The third kappa shape index (κ3) is 4.78. The average molecular weight is 378 g/mol. The molecule has 0 saturated heterocycles. The molecule has 0 aliphatic rings. The number of anilines is 1. The largest absolute Gasteiger partial charge is 0.433 e. The number of nitrogens with zero attached hydrogens (tertiary/aromatic N) is 5. The van der Waals surface area contributed by atoms with Crippen LogP contribution >= 0.6 is 0 Å². The first-order valence-corrected chi connectivity index (χ1v) is 8.26. The van der Waals surface area contributed by atoms with Crippen LogP contribution in [0.3, 0.4) is 0 Å². The van der Waals surface area contributed by atoms with Crippen molar-refractivity contribution in [3.8, 4) is 11.4 Å². The molecule has 0 bridgehead atoms. The molecule has 0 amide bonds. The van der Waals surface area contributed by atoms with Crippen LogP contribution in [0, 0.1) is 0 Å². The summed E-state index contributed by atoms with van der Waals surface area (Å²) in [7, 11) is 0. The lowest BCUT2D eigenvalue weighted by Crippen LogP contribution is -2.13. The summed E-state index contributed by atoms with van der Waals surface area (Å²) in [4.78, 5) is 15.9. The number of hydrogen-bond acceptors (Lipinski definition) is 7. The number of halogens is 3. The van der Waals surface area contributed by atoms with Crippen LogP contribution in [0.25, 0.3) is 11.4 Å². The molecule has 1 N–H and O–H groups in total. The smallest absolute Gasteiger partial charge is 0.369 e. The molecule has 27 heavy (non-hydrogen) atoms. The monoisotopic (exact) mass is 378 g/mol. The van der Waals surface area contributed by atoms with E-state index in [1.54, 1.807) is 12.1 Å². The molecule has 0 aliphatic carbocycles. The third-order valence-electron chi connectivity index (χ3n) is 3.60. The van der Waals surface area contributed by atoms with Crippen LogP contribution in [0.4, 0.5) is 19.0 Å². The number of hydrogen-bond donors (Lipinski definition) is 1. The average Bonchev–Trinajstić information content (AvgIpc) is 3.11. The Hall–Kier alpha value is -3.04. The lowest BCUT2D eigenvalue weighted by atomic mass is 10.2. The highest BCUT2D eigenvalue weighted by Crippen LogP contribution is 2.30. The maximum Gasteiger partial charge on any atom is 0.433 e. The van der Waals surface area contributed by atoms with E-state index < -0.39 is 11.9 Å². The van der Waals surface area contributed by atoms with Crippen molar-refractivity contribution in [3.63, 3.8) is 0 Å². The fourth-order valence-electron chi connectivity index (χ4n) is 2.21. The molecular weight excluding hydrogens is 361 g/mol. The molecule has 0 fully saturated rings. The van der Waals surface area contributed by atoms with Gasteiger partial charge < -0.3 is 9.84 Å². The van der Waals surface area contributed by atoms with Crippen LogP contribution in [0.15, 0.2) is 35.1 Å². The molecule has 10 heteroatoms. The van der Waals surface area contributed by atoms with Crippen LogP contribution in [-0.4, -0.2) is 31.6 Å². The van der Waals surface area contributed by atoms with Crippen LogP contribution in [0.5, 0.6) is 0 Å². The van der Waals surface area contributed by atoms with Gasteiger partial charge in [0.2, 0.25) is 5.89 Å². The third-order valence-corrected chi connectivity index (χ3v) is 3.60. The summed E-state index contributed by atoms with van der Waals surface area (Å²) in [6.07, 6.45) is -1.29. The van der Waals surface area contributed by atoms with Gasteiger partial charge in [-0.15, -0.1) is 0 Å². The first-order valence-electron chi connectivity index (χ1n) is 8.26. The Morgan fingerprint density at radius 3 is 2.48 bits per heavy atom. The summed E-state index contributed by atoms with van der Waals surface area (Å²) < 4.78 is 44.6. The van der Waals surface area contributed by atoms with Crippen molar-refractivity contribution in [2.45, 2.75) is 32.4 Å². The molecule has 142 valence electrons. The van der Waals surface area contributed by atoms with Crippen molar-refractivity contribution in [1.82, 2.24) is 25.1 Å². The Morgan fingerprint density at radius 2 is 1.85 bits per heavy atom. The van der Waals surface area contributed by atoms with E-state index in [2.05, 4.69) is 30.4 Å². The zero-order valence-electron chi connectivity index (χ0n) is 14.7. The summed E-state index contributed by atoms with van der Waals surface area (Å²) in [6, 6.07) is 3.97. The van der Waals surface area contributed by atoms with Gasteiger partial charge in [-0.3, -0.25) is 4.98 Å². The van der Waals surface area contributed by atoms with E-state index in [0.29, 0.717) is 23.7 Å². The van der Waals surface area contributed by atoms with Crippen molar-refractivity contribution < 1.29 is 17.7 Å². The predicted octanol–water partition coefficient (Wildman–Crippen LogP) is 3.72. The van der Waals surface area contributed by atoms with Gasteiger partial charge in [0.05, 0.1) is 0 Å². The number of nitrogens with one attached hydrogen (secondary N) is 1. The minimum absolute atomic E-state index is 0.0328. The topological polar surface area (TPSA) is 89.6 Å². The van der Waals surface area contributed by atoms with Gasteiger partial charge in [-0.05, 0) is 12.1 Å². The minimum Gasteiger partial charge on any atom is -0.369 e. The second kappa shape index (κ2) is 7.68. The Kier molecular flexibility index (Phi) is 5.33. The van der Waals surface area contributed by atoms with Crippen LogP contribution in [0.2, 0.25) is 0 Å². The Bertz CT molecular complexity index is 895. The second-order valence-electron chi connectivity index (χ2n) is 6.07. The number of pyridine rings is 1. The van der Waals surface area contributed by atoms with Crippen molar-refractivity contribution in [2.75, 3.05) is 11.9 Å². The number of alkyl halides is 3. The van der Waals surface area contributed by atoms with Crippen LogP contribution in [-0.2, 0) is 12.6 Å². The Morgan fingerprint density at radius 1 is 1.11 bits per heavy atom.